The minimum absolute atomic E-state index is 0.0292. The van der Waals surface area contributed by atoms with Crippen LogP contribution in [0.25, 0.3) is 0 Å². The Labute approximate surface area is 164 Å². The predicted octanol–water partition coefficient (Wildman–Crippen LogP) is 3.41. The van der Waals surface area contributed by atoms with E-state index in [1.165, 1.54) is 11.1 Å². The van der Waals surface area contributed by atoms with E-state index in [2.05, 4.69) is 40.6 Å². The molecule has 138 valence electrons. The van der Waals surface area contributed by atoms with Gasteiger partial charge in [0.25, 0.3) is 0 Å². The van der Waals surface area contributed by atoms with E-state index in [4.69, 9.17) is 21.6 Å². The monoisotopic (exact) mass is 379 g/mol. The van der Waals surface area contributed by atoms with Crippen molar-refractivity contribution in [1.29, 1.82) is 5.26 Å². The zero-order valence-corrected chi connectivity index (χ0v) is 15.8. The molecule has 1 N–H and O–H groups in total. The lowest BCUT2D eigenvalue weighted by Gasteiger charge is -2.31. The fraction of sp³-hybridized carbons (Fsp3) is 0.409. The molecule has 4 atom stereocenters. The average Bonchev–Trinajstić information content (AvgIpc) is 3.36. The lowest BCUT2D eigenvalue weighted by molar-refractivity contribution is 0.0891. The first-order valence-electron chi connectivity index (χ1n) is 9.62. The normalized spacial score (nSPS) is 29.3. The molecule has 27 heavy (non-hydrogen) atoms. The number of ether oxygens (including phenoxy) is 1. The van der Waals surface area contributed by atoms with Gasteiger partial charge in [0.05, 0.1) is 22.7 Å². The van der Waals surface area contributed by atoms with Crippen molar-refractivity contribution >= 4 is 11.6 Å². The third kappa shape index (κ3) is 3.00. The summed E-state index contributed by atoms with van der Waals surface area (Å²) in [5.41, 5.74) is 3.18. The molecule has 0 aromatic heterocycles. The number of fused-ring (bicyclic) bond motifs is 2. The van der Waals surface area contributed by atoms with Gasteiger partial charge >= 0.3 is 0 Å². The van der Waals surface area contributed by atoms with Crippen LogP contribution in [0.15, 0.2) is 42.5 Å². The molecule has 5 rings (SSSR count). The largest absolute Gasteiger partial charge is 0.482 e. The molecule has 2 saturated heterocycles. The molecule has 2 aromatic carbocycles. The van der Waals surface area contributed by atoms with Crippen molar-refractivity contribution in [2.75, 3.05) is 26.2 Å². The van der Waals surface area contributed by atoms with Crippen LogP contribution in [-0.4, -0.2) is 37.1 Å². The number of nitrogens with one attached hydrogen (secondary N) is 1. The maximum absolute atomic E-state index is 9.07. The highest BCUT2D eigenvalue weighted by Crippen LogP contribution is 2.42. The molecular formula is C22H22ClN3O. The van der Waals surface area contributed by atoms with Crippen molar-refractivity contribution in [3.8, 4) is 11.8 Å². The fourth-order valence-electron chi connectivity index (χ4n) is 4.97. The van der Waals surface area contributed by atoms with Gasteiger partial charge in [0.2, 0.25) is 0 Å². The summed E-state index contributed by atoms with van der Waals surface area (Å²) in [7, 11) is 0. The van der Waals surface area contributed by atoms with Crippen LogP contribution in [0.5, 0.6) is 5.75 Å². The Morgan fingerprint density at radius 1 is 1.11 bits per heavy atom. The lowest BCUT2D eigenvalue weighted by Crippen LogP contribution is -2.40. The highest BCUT2D eigenvalue weighted by Gasteiger charge is 2.44. The maximum Gasteiger partial charge on any atom is 0.140 e. The van der Waals surface area contributed by atoms with Gasteiger partial charge in [-0.25, -0.2) is 0 Å². The maximum atomic E-state index is 9.07. The molecule has 0 bridgehead atoms. The van der Waals surface area contributed by atoms with Crippen LogP contribution in [0.4, 0.5) is 0 Å². The number of hydrogen-bond donors (Lipinski definition) is 1. The minimum atomic E-state index is -0.0292. The van der Waals surface area contributed by atoms with Gasteiger partial charge in [-0.3, -0.25) is 4.90 Å². The first-order valence-corrected chi connectivity index (χ1v) is 9.99. The van der Waals surface area contributed by atoms with Crippen LogP contribution in [0.2, 0.25) is 5.02 Å². The second-order valence-corrected chi connectivity index (χ2v) is 8.31. The molecule has 5 heteroatoms. The van der Waals surface area contributed by atoms with Crippen LogP contribution < -0.4 is 10.1 Å². The summed E-state index contributed by atoms with van der Waals surface area (Å²) in [4.78, 5) is 2.62. The van der Waals surface area contributed by atoms with E-state index in [9.17, 15) is 0 Å². The lowest BCUT2D eigenvalue weighted by atomic mass is 10.0. The molecule has 0 radical (unpaired) electrons. The van der Waals surface area contributed by atoms with Gasteiger partial charge in [-0.1, -0.05) is 35.9 Å². The Kier molecular flexibility index (Phi) is 4.32. The number of halogens is 1. The molecule has 1 aliphatic carbocycles. The van der Waals surface area contributed by atoms with Gasteiger partial charge < -0.3 is 10.1 Å². The summed E-state index contributed by atoms with van der Waals surface area (Å²) in [5, 5.41) is 13.1. The highest BCUT2D eigenvalue weighted by molar-refractivity contribution is 6.32. The number of hydrogen-bond acceptors (Lipinski definition) is 4. The molecule has 3 aliphatic rings. The summed E-state index contributed by atoms with van der Waals surface area (Å²) in [6.45, 7) is 4.54. The quantitative estimate of drug-likeness (QED) is 0.887. The van der Waals surface area contributed by atoms with Crippen molar-refractivity contribution in [2.45, 2.75) is 18.6 Å². The van der Waals surface area contributed by atoms with Crippen molar-refractivity contribution in [1.82, 2.24) is 10.2 Å². The second-order valence-electron chi connectivity index (χ2n) is 7.90. The predicted molar refractivity (Wildman–Crippen MR) is 105 cm³/mol. The fourth-order valence-corrected chi connectivity index (χ4v) is 5.19. The van der Waals surface area contributed by atoms with Crippen molar-refractivity contribution < 1.29 is 4.74 Å². The summed E-state index contributed by atoms with van der Waals surface area (Å²) in [6.07, 6.45) is 0.986. The molecule has 4 nitrogen and oxygen atoms in total. The number of benzene rings is 2. The van der Waals surface area contributed by atoms with Gasteiger partial charge in [-0.15, -0.1) is 0 Å². The highest BCUT2D eigenvalue weighted by atomic mass is 35.5. The van der Waals surface area contributed by atoms with E-state index in [0.29, 0.717) is 22.4 Å². The third-order valence-electron chi connectivity index (χ3n) is 6.34. The average molecular weight is 380 g/mol. The number of nitriles is 1. The Morgan fingerprint density at radius 3 is 2.63 bits per heavy atom. The zero-order chi connectivity index (χ0) is 18.4. The van der Waals surface area contributed by atoms with Crippen LogP contribution >= 0.6 is 11.6 Å². The molecule has 2 aromatic rings. The van der Waals surface area contributed by atoms with Gasteiger partial charge in [0.15, 0.2) is 0 Å². The molecule has 2 fully saturated rings. The SMILES string of the molecule is N#Cc1ccc(O[C@@H]2c3ccccc3C[C@H]2N2C[C@H]3CNC[C@H]3C2)c(Cl)c1. The molecule has 0 spiro atoms. The summed E-state index contributed by atoms with van der Waals surface area (Å²) >= 11 is 6.40. The summed E-state index contributed by atoms with van der Waals surface area (Å²) < 4.78 is 6.48. The van der Waals surface area contributed by atoms with E-state index in [-0.39, 0.29) is 6.10 Å². The molecule has 2 heterocycles. The summed E-state index contributed by atoms with van der Waals surface area (Å²) in [5.74, 6) is 2.17. The first-order chi connectivity index (χ1) is 13.2. The van der Waals surface area contributed by atoms with Crippen LogP contribution in [0.1, 0.15) is 22.8 Å². The van der Waals surface area contributed by atoms with Gasteiger partial charge in [0.1, 0.15) is 11.9 Å². The number of rotatable bonds is 3. The van der Waals surface area contributed by atoms with Crippen LogP contribution in [0.3, 0.4) is 0 Å². The zero-order valence-electron chi connectivity index (χ0n) is 15.1. The Balaban J connectivity index is 1.44. The van der Waals surface area contributed by atoms with Crippen molar-refractivity contribution in [3.63, 3.8) is 0 Å². The third-order valence-corrected chi connectivity index (χ3v) is 6.64. The van der Waals surface area contributed by atoms with Crippen LogP contribution in [-0.2, 0) is 6.42 Å². The Hall–Kier alpha value is -2.06. The van der Waals surface area contributed by atoms with E-state index < -0.39 is 0 Å². The van der Waals surface area contributed by atoms with Gasteiger partial charge in [-0.05, 0) is 60.7 Å². The van der Waals surface area contributed by atoms with Gasteiger partial charge in [-0.2, -0.15) is 5.26 Å². The van der Waals surface area contributed by atoms with E-state index in [0.717, 1.165) is 44.4 Å². The topological polar surface area (TPSA) is 48.3 Å². The standard InChI is InChI=1S/C22H22ClN3O/c23-19-7-14(9-24)5-6-21(19)27-22-18-4-2-1-3-15(18)8-20(22)26-12-16-10-25-11-17(16)13-26/h1-7,16-17,20,22,25H,8,10-13H2/t16-,17+,20-,22-/m1/s1. The van der Waals surface area contributed by atoms with E-state index in [1.807, 2.05) is 6.07 Å². The van der Waals surface area contributed by atoms with Crippen molar-refractivity contribution in [2.24, 2.45) is 11.8 Å². The van der Waals surface area contributed by atoms with Gasteiger partial charge in [0, 0.05) is 13.1 Å². The van der Waals surface area contributed by atoms with E-state index in [1.54, 1.807) is 12.1 Å². The van der Waals surface area contributed by atoms with E-state index >= 15 is 0 Å². The molecule has 0 amide bonds. The second kappa shape index (κ2) is 6.83. The number of likely N-dealkylation sites (tertiary alicyclic amines) is 1. The smallest absolute Gasteiger partial charge is 0.140 e. The molecule has 0 saturated carbocycles. The van der Waals surface area contributed by atoms with Crippen LogP contribution in [0, 0.1) is 23.2 Å². The Morgan fingerprint density at radius 2 is 1.89 bits per heavy atom. The number of nitrogens with zero attached hydrogens (tertiary/aromatic N) is 2. The molecular weight excluding hydrogens is 358 g/mol. The first kappa shape index (κ1) is 17.1. The minimum Gasteiger partial charge on any atom is -0.482 e. The Bertz CT molecular complexity index is 897. The molecule has 0 unspecified atom stereocenters. The van der Waals surface area contributed by atoms with Crippen molar-refractivity contribution in [3.05, 3.63) is 64.2 Å². The molecule has 2 aliphatic heterocycles. The summed E-state index contributed by atoms with van der Waals surface area (Å²) in [6, 6.07) is 16.3.